The summed E-state index contributed by atoms with van der Waals surface area (Å²) < 4.78 is 0. The van der Waals surface area contributed by atoms with Crippen LogP contribution in [0.25, 0.3) is 11.3 Å². The molecule has 0 fully saturated rings. The Bertz CT molecular complexity index is 450. The standard InChI is InChI=1S/C12H12N2/c1-9-4-3-5-11(8-9)12-10(2)13-6-7-14-12/h3-8H,1-2H3. The summed E-state index contributed by atoms with van der Waals surface area (Å²) >= 11 is 0. The van der Waals surface area contributed by atoms with Crippen molar-refractivity contribution in [3.05, 3.63) is 47.9 Å². The zero-order chi connectivity index (χ0) is 9.97. The molecule has 0 atom stereocenters. The number of hydrogen-bond donors (Lipinski definition) is 0. The molecule has 0 aliphatic carbocycles. The summed E-state index contributed by atoms with van der Waals surface area (Å²) in [5, 5.41) is 0. The molecule has 14 heavy (non-hydrogen) atoms. The second kappa shape index (κ2) is 3.58. The Morgan fingerprint density at radius 2 is 1.79 bits per heavy atom. The highest BCUT2D eigenvalue weighted by atomic mass is 14.8. The zero-order valence-corrected chi connectivity index (χ0v) is 8.36. The molecular formula is C12H12N2. The number of nitrogens with zero attached hydrogens (tertiary/aromatic N) is 2. The van der Waals surface area contributed by atoms with E-state index >= 15 is 0 Å². The number of hydrogen-bond acceptors (Lipinski definition) is 2. The van der Waals surface area contributed by atoms with E-state index in [0.29, 0.717) is 0 Å². The highest BCUT2D eigenvalue weighted by molar-refractivity contribution is 5.61. The lowest BCUT2D eigenvalue weighted by molar-refractivity contribution is 1.12. The summed E-state index contributed by atoms with van der Waals surface area (Å²) in [4.78, 5) is 8.55. The minimum atomic E-state index is 0.969. The monoisotopic (exact) mass is 184 g/mol. The van der Waals surface area contributed by atoms with Gasteiger partial charge in [-0.3, -0.25) is 9.97 Å². The molecule has 0 saturated carbocycles. The Morgan fingerprint density at radius 3 is 2.50 bits per heavy atom. The van der Waals surface area contributed by atoms with Crippen molar-refractivity contribution in [2.45, 2.75) is 13.8 Å². The lowest BCUT2D eigenvalue weighted by Crippen LogP contribution is -1.90. The van der Waals surface area contributed by atoms with E-state index in [1.807, 2.05) is 13.0 Å². The first-order valence-corrected chi connectivity index (χ1v) is 4.62. The van der Waals surface area contributed by atoms with Gasteiger partial charge in [0.2, 0.25) is 0 Å². The van der Waals surface area contributed by atoms with E-state index in [4.69, 9.17) is 0 Å². The number of benzene rings is 1. The van der Waals surface area contributed by atoms with E-state index in [1.165, 1.54) is 5.56 Å². The summed E-state index contributed by atoms with van der Waals surface area (Å²) in [5.74, 6) is 0. The van der Waals surface area contributed by atoms with Gasteiger partial charge in [-0.2, -0.15) is 0 Å². The summed E-state index contributed by atoms with van der Waals surface area (Å²) in [7, 11) is 0. The molecule has 0 amide bonds. The summed E-state index contributed by atoms with van der Waals surface area (Å²) in [6.07, 6.45) is 3.44. The Morgan fingerprint density at radius 1 is 1.00 bits per heavy atom. The molecule has 2 rings (SSSR count). The van der Waals surface area contributed by atoms with E-state index in [1.54, 1.807) is 12.4 Å². The van der Waals surface area contributed by atoms with Crippen molar-refractivity contribution >= 4 is 0 Å². The molecule has 1 heterocycles. The first kappa shape index (κ1) is 8.88. The normalized spacial score (nSPS) is 10.1. The van der Waals surface area contributed by atoms with E-state index in [-0.39, 0.29) is 0 Å². The van der Waals surface area contributed by atoms with Crippen molar-refractivity contribution in [2.24, 2.45) is 0 Å². The summed E-state index contributed by atoms with van der Waals surface area (Å²) in [6.45, 7) is 4.06. The van der Waals surface area contributed by atoms with Crippen LogP contribution in [0, 0.1) is 13.8 Å². The van der Waals surface area contributed by atoms with Gasteiger partial charge in [0, 0.05) is 18.0 Å². The maximum absolute atomic E-state index is 4.33. The first-order valence-electron chi connectivity index (χ1n) is 4.62. The predicted octanol–water partition coefficient (Wildman–Crippen LogP) is 2.76. The van der Waals surface area contributed by atoms with E-state index in [2.05, 4.69) is 35.1 Å². The molecule has 0 saturated heterocycles. The van der Waals surface area contributed by atoms with Crippen LogP contribution in [0.4, 0.5) is 0 Å². The third kappa shape index (κ3) is 1.64. The van der Waals surface area contributed by atoms with Crippen LogP contribution in [0.15, 0.2) is 36.7 Å². The zero-order valence-electron chi connectivity index (χ0n) is 8.36. The highest BCUT2D eigenvalue weighted by Crippen LogP contribution is 2.19. The molecular weight excluding hydrogens is 172 g/mol. The van der Waals surface area contributed by atoms with Crippen LogP contribution in [-0.2, 0) is 0 Å². The van der Waals surface area contributed by atoms with Gasteiger partial charge < -0.3 is 0 Å². The van der Waals surface area contributed by atoms with Gasteiger partial charge in [-0.1, -0.05) is 23.8 Å². The highest BCUT2D eigenvalue weighted by Gasteiger charge is 2.02. The Labute approximate surface area is 83.7 Å². The topological polar surface area (TPSA) is 25.8 Å². The molecule has 0 radical (unpaired) electrons. The van der Waals surface area contributed by atoms with Crippen LogP contribution in [0.5, 0.6) is 0 Å². The van der Waals surface area contributed by atoms with Gasteiger partial charge in [-0.05, 0) is 19.9 Å². The van der Waals surface area contributed by atoms with Crippen molar-refractivity contribution in [3.63, 3.8) is 0 Å². The molecule has 0 spiro atoms. The SMILES string of the molecule is Cc1cccc(-c2nccnc2C)c1. The molecule has 70 valence electrons. The lowest BCUT2D eigenvalue weighted by atomic mass is 10.1. The number of aryl methyl sites for hydroxylation is 2. The largest absolute Gasteiger partial charge is 0.258 e. The van der Waals surface area contributed by atoms with E-state index in [0.717, 1.165) is 17.0 Å². The van der Waals surface area contributed by atoms with Crippen molar-refractivity contribution in [1.82, 2.24) is 9.97 Å². The smallest absolute Gasteiger partial charge is 0.0914 e. The van der Waals surface area contributed by atoms with Gasteiger partial charge in [0.15, 0.2) is 0 Å². The Hall–Kier alpha value is -1.70. The van der Waals surface area contributed by atoms with Crippen molar-refractivity contribution in [2.75, 3.05) is 0 Å². The lowest BCUT2D eigenvalue weighted by Gasteiger charge is -2.03. The van der Waals surface area contributed by atoms with E-state index < -0.39 is 0 Å². The fraction of sp³-hybridized carbons (Fsp3) is 0.167. The average Bonchev–Trinajstić information content (AvgIpc) is 2.18. The molecule has 2 aromatic rings. The van der Waals surface area contributed by atoms with Gasteiger partial charge >= 0.3 is 0 Å². The minimum Gasteiger partial charge on any atom is -0.258 e. The van der Waals surface area contributed by atoms with Crippen LogP contribution in [0.2, 0.25) is 0 Å². The summed E-state index contributed by atoms with van der Waals surface area (Å²) in [5.41, 5.74) is 4.32. The molecule has 1 aromatic carbocycles. The van der Waals surface area contributed by atoms with E-state index in [9.17, 15) is 0 Å². The van der Waals surface area contributed by atoms with Gasteiger partial charge in [0.1, 0.15) is 0 Å². The maximum atomic E-state index is 4.33. The fourth-order valence-electron chi connectivity index (χ4n) is 1.48. The van der Waals surface area contributed by atoms with Gasteiger partial charge in [-0.25, -0.2) is 0 Å². The van der Waals surface area contributed by atoms with Crippen molar-refractivity contribution in [3.8, 4) is 11.3 Å². The molecule has 0 aliphatic rings. The number of rotatable bonds is 1. The second-order valence-corrected chi connectivity index (χ2v) is 3.36. The van der Waals surface area contributed by atoms with Gasteiger partial charge in [-0.15, -0.1) is 0 Å². The molecule has 0 bridgehead atoms. The van der Waals surface area contributed by atoms with Gasteiger partial charge in [0.25, 0.3) is 0 Å². The predicted molar refractivity (Wildman–Crippen MR) is 56.9 cm³/mol. The quantitative estimate of drug-likeness (QED) is 0.681. The van der Waals surface area contributed by atoms with Gasteiger partial charge in [0.05, 0.1) is 11.4 Å². The van der Waals surface area contributed by atoms with Crippen molar-refractivity contribution < 1.29 is 0 Å². The molecule has 0 N–H and O–H groups in total. The van der Waals surface area contributed by atoms with Crippen LogP contribution < -0.4 is 0 Å². The Balaban J connectivity index is 2.55. The maximum Gasteiger partial charge on any atom is 0.0914 e. The van der Waals surface area contributed by atoms with Crippen LogP contribution in [0.1, 0.15) is 11.3 Å². The van der Waals surface area contributed by atoms with Crippen LogP contribution in [0.3, 0.4) is 0 Å². The first-order chi connectivity index (χ1) is 6.77. The third-order valence-electron chi connectivity index (χ3n) is 2.17. The molecule has 0 aliphatic heterocycles. The third-order valence-corrected chi connectivity index (χ3v) is 2.17. The molecule has 1 aromatic heterocycles. The Kier molecular flexibility index (Phi) is 2.27. The van der Waals surface area contributed by atoms with Crippen LogP contribution >= 0.6 is 0 Å². The van der Waals surface area contributed by atoms with Crippen LogP contribution in [-0.4, -0.2) is 9.97 Å². The molecule has 2 heteroatoms. The van der Waals surface area contributed by atoms with Crippen molar-refractivity contribution in [1.29, 1.82) is 0 Å². The second-order valence-electron chi connectivity index (χ2n) is 3.36. The average molecular weight is 184 g/mol. The molecule has 0 unspecified atom stereocenters. The minimum absolute atomic E-state index is 0.969. The molecule has 2 nitrogen and oxygen atoms in total. The number of aromatic nitrogens is 2. The summed E-state index contributed by atoms with van der Waals surface area (Å²) in [6, 6.07) is 8.30. The fourth-order valence-corrected chi connectivity index (χ4v) is 1.48.